The van der Waals surface area contributed by atoms with Crippen LogP contribution in [0.4, 0.5) is 5.00 Å². The summed E-state index contributed by atoms with van der Waals surface area (Å²) in [5.74, 6) is -1.69. The Bertz CT molecular complexity index is 614. The van der Waals surface area contributed by atoms with Crippen LogP contribution in [-0.2, 0) is 16.0 Å². The molecule has 0 atom stereocenters. The number of aromatic carboxylic acids is 1. The van der Waals surface area contributed by atoms with Gasteiger partial charge in [-0.25, -0.2) is 4.79 Å². The highest BCUT2D eigenvalue weighted by atomic mass is 32.1. The standard InChI is InChI=1S/C16H24N2O4S/c1-6-10-9(2)23-14(13(10)15(21)22)18-12(20)8-17-11(19)7-16(3,4)5/h6-8H2,1-5H3,(H,17,19)(H,18,20)(H,21,22). The van der Waals surface area contributed by atoms with Crippen molar-refractivity contribution < 1.29 is 19.5 Å². The molecule has 2 amide bonds. The second-order valence-corrected chi connectivity index (χ2v) is 7.79. The average Bonchev–Trinajstić information content (AvgIpc) is 2.70. The monoisotopic (exact) mass is 340 g/mol. The first-order valence-electron chi connectivity index (χ1n) is 7.47. The van der Waals surface area contributed by atoms with E-state index in [9.17, 15) is 19.5 Å². The predicted molar refractivity (Wildman–Crippen MR) is 91.1 cm³/mol. The van der Waals surface area contributed by atoms with Gasteiger partial charge in [-0.3, -0.25) is 9.59 Å². The minimum Gasteiger partial charge on any atom is -0.478 e. The quantitative estimate of drug-likeness (QED) is 0.742. The lowest BCUT2D eigenvalue weighted by atomic mass is 9.92. The topological polar surface area (TPSA) is 95.5 Å². The molecular weight excluding hydrogens is 316 g/mol. The van der Waals surface area contributed by atoms with Gasteiger partial charge in [-0.15, -0.1) is 11.3 Å². The summed E-state index contributed by atoms with van der Waals surface area (Å²) in [5, 5.41) is 14.8. The molecule has 23 heavy (non-hydrogen) atoms. The maximum atomic E-state index is 12.0. The Morgan fingerprint density at radius 1 is 1.17 bits per heavy atom. The van der Waals surface area contributed by atoms with Crippen molar-refractivity contribution in [2.24, 2.45) is 5.41 Å². The van der Waals surface area contributed by atoms with Crippen molar-refractivity contribution in [3.8, 4) is 0 Å². The van der Waals surface area contributed by atoms with Gasteiger partial charge in [-0.05, 0) is 24.3 Å². The van der Waals surface area contributed by atoms with Crippen LogP contribution in [0, 0.1) is 12.3 Å². The van der Waals surface area contributed by atoms with E-state index >= 15 is 0 Å². The van der Waals surface area contributed by atoms with E-state index in [0.717, 1.165) is 10.4 Å². The van der Waals surface area contributed by atoms with Gasteiger partial charge in [0.1, 0.15) is 5.00 Å². The number of aryl methyl sites for hydroxylation is 1. The summed E-state index contributed by atoms with van der Waals surface area (Å²) in [6.07, 6.45) is 0.904. The van der Waals surface area contributed by atoms with E-state index < -0.39 is 11.9 Å². The summed E-state index contributed by atoms with van der Waals surface area (Å²) >= 11 is 1.24. The molecule has 0 spiro atoms. The fraction of sp³-hybridized carbons (Fsp3) is 0.562. The molecule has 0 aromatic carbocycles. The van der Waals surface area contributed by atoms with Crippen molar-refractivity contribution in [3.05, 3.63) is 16.0 Å². The molecule has 0 saturated carbocycles. The van der Waals surface area contributed by atoms with Crippen molar-refractivity contribution in [2.45, 2.75) is 47.5 Å². The first-order chi connectivity index (χ1) is 10.5. The Labute approximate surface area is 140 Å². The highest BCUT2D eigenvalue weighted by Crippen LogP contribution is 2.33. The fourth-order valence-electron chi connectivity index (χ4n) is 2.21. The third kappa shape index (κ3) is 5.67. The van der Waals surface area contributed by atoms with Crippen LogP contribution in [0.5, 0.6) is 0 Å². The molecule has 1 heterocycles. The molecule has 0 aliphatic carbocycles. The maximum Gasteiger partial charge on any atom is 0.339 e. The molecule has 0 aliphatic rings. The summed E-state index contributed by atoms with van der Waals surface area (Å²) in [7, 11) is 0. The first kappa shape index (κ1) is 19.2. The third-order valence-electron chi connectivity index (χ3n) is 3.17. The number of hydrogen-bond donors (Lipinski definition) is 3. The van der Waals surface area contributed by atoms with Crippen molar-refractivity contribution in [2.75, 3.05) is 11.9 Å². The van der Waals surface area contributed by atoms with Gasteiger partial charge in [-0.2, -0.15) is 0 Å². The number of carbonyl (C=O) groups excluding carboxylic acids is 2. The smallest absolute Gasteiger partial charge is 0.339 e. The molecule has 128 valence electrons. The van der Waals surface area contributed by atoms with Gasteiger partial charge in [0, 0.05) is 11.3 Å². The van der Waals surface area contributed by atoms with Gasteiger partial charge < -0.3 is 15.7 Å². The number of carboxylic acid groups (broad SMARTS) is 1. The van der Waals surface area contributed by atoms with Crippen LogP contribution in [0.15, 0.2) is 0 Å². The van der Waals surface area contributed by atoms with Crippen LogP contribution in [0.25, 0.3) is 0 Å². The zero-order chi connectivity index (χ0) is 17.8. The summed E-state index contributed by atoms with van der Waals surface area (Å²) < 4.78 is 0. The van der Waals surface area contributed by atoms with Crippen LogP contribution < -0.4 is 10.6 Å². The molecular formula is C16H24N2O4S. The fourth-order valence-corrected chi connectivity index (χ4v) is 3.37. The Morgan fingerprint density at radius 2 is 1.78 bits per heavy atom. The van der Waals surface area contributed by atoms with Gasteiger partial charge in [-0.1, -0.05) is 27.7 Å². The molecule has 0 bridgehead atoms. The largest absolute Gasteiger partial charge is 0.478 e. The lowest BCUT2D eigenvalue weighted by molar-refractivity contribution is -0.125. The van der Waals surface area contributed by atoms with Crippen LogP contribution in [0.1, 0.15) is 54.9 Å². The average molecular weight is 340 g/mol. The van der Waals surface area contributed by atoms with Crippen LogP contribution in [0.2, 0.25) is 0 Å². The van der Waals surface area contributed by atoms with E-state index in [0.29, 0.717) is 17.8 Å². The second kappa shape index (κ2) is 7.59. The second-order valence-electron chi connectivity index (χ2n) is 6.56. The van der Waals surface area contributed by atoms with Crippen LogP contribution in [-0.4, -0.2) is 29.4 Å². The van der Waals surface area contributed by atoms with Crippen molar-refractivity contribution >= 4 is 34.1 Å². The molecule has 0 saturated heterocycles. The van der Waals surface area contributed by atoms with Gasteiger partial charge in [0.25, 0.3) is 0 Å². The van der Waals surface area contributed by atoms with E-state index in [2.05, 4.69) is 10.6 Å². The number of rotatable bonds is 6. The van der Waals surface area contributed by atoms with Gasteiger partial charge >= 0.3 is 5.97 Å². The highest BCUT2D eigenvalue weighted by molar-refractivity contribution is 7.16. The zero-order valence-corrected chi connectivity index (χ0v) is 15.0. The van der Waals surface area contributed by atoms with E-state index in [1.54, 1.807) is 0 Å². The van der Waals surface area contributed by atoms with Crippen molar-refractivity contribution in [3.63, 3.8) is 0 Å². The Kier molecular flexibility index (Phi) is 6.32. The number of carbonyl (C=O) groups is 3. The summed E-state index contributed by atoms with van der Waals surface area (Å²) in [4.78, 5) is 35.9. The van der Waals surface area contributed by atoms with Gasteiger partial charge in [0.2, 0.25) is 11.8 Å². The molecule has 3 N–H and O–H groups in total. The summed E-state index contributed by atoms with van der Waals surface area (Å²) in [6.45, 7) is 9.34. The summed E-state index contributed by atoms with van der Waals surface area (Å²) in [5.41, 5.74) is 0.719. The van der Waals surface area contributed by atoms with E-state index in [1.807, 2.05) is 34.6 Å². The number of thiophene rings is 1. The van der Waals surface area contributed by atoms with Crippen molar-refractivity contribution in [1.82, 2.24) is 5.32 Å². The number of carboxylic acids is 1. The number of amides is 2. The zero-order valence-electron chi connectivity index (χ0n) is 14.2. The van der Waals surface area contributed by atoms with Crippen LogP contribution in [0.3, 0.4) is 0 Å². The Morgan fingerprint density at radius 3 is 2.26 bits per heavy atom. The minimum absolute atomic E-state index is 0.143. The number of nitrogens with one attached hydrogen (secondary N) is 2. The molecule has 0 radical (unpaired) electrons. The lowest BCUT2D eigenvalue weighted by Gasteiger charge is -2.17. The Hall–Kier alpha value is -1.89. The van der Waals surface area contributed by atoms with E-state index in [-0.39, 0.29) is 23.4 Å². The maximum absolute atomic E-state index is 12.0. The number of hydrogen-bond acceptors (Lipinski definition) is 4. The molecule has 6 nitrogen and oxygen atoms in total. The highest BCUT2D eigenvalue weighted by Gasteiger charge is 2.22. The minimum atomic E-state index is -1.06. The molecule has 1 aromatic heterocycles. The molecule has 7 heteroatoms. The predicted octanol–water partition coefficient (Wildman–Crippen LogP) is 2.81. The molecule has 0 fully saturated rings. The normalized spacial score (nSPS) is 11.2. The van der Waals surface area contributed by atoms with E-state index in [4.69, 9.17) is 0 Å². The Balaban J connectivity index is 2.72. The first-order valence-corrected chi connectivity index (χ1v) is 8.29. The SMILES string of the molecule is CCc1c(C)sc(NC(=O)CNC(=O)CC(C)(C)C)c1C(=O)O. The summed E-state index contributed by atoms with van der Waals surface area (Å²) in [6, 6.07) is 0. The molecule has 1 rings (SSSR count). The third-order valence-corrected chi connectivity index (χ3v) is 4.23. The molecule has 0 aliphatic heterocycles. The lowest BCUT2D eigenvalue weighted by Crippen LogP contribution is -2.34. The van der Waals surface area contributed by atoms with Gasteiger partial charge in [0.05, 0.1) is 12.1 Å². The molecule has 1 aromatic rings. The molecule has 0 unspecified atom stereocenters. The van der Waals surface area contributed by atoms with Crippen LogP contribution >= 0.6 is 11.3 Å². The number of anilines is 1. The van der Waals surface area contributed by atoms with E-state index in [1.165, 1.54) is 11.3 Å². The van der Waals surface area contributed by atoms with Crippen molar-refractivity contribution in [1.29, 1.82) is 0 Å². The van der Waals surface area contributed by atoms with Gasteiger partial charge in [0.15, 0.2) is 0 Å².